The van der Waals surface area contributed by atoms with Crippen molar-refractivity contribution in [1.82, 2.24) is 5.01 Å². The van der Waals surface area contributed by atoms with E-state index >= 15 is 0 Å². The van der Waals surface area contributed by atoms with Gasteiger partial charge < -0.3 is 4.74 Å². The zero-order valence-electron chi connectivity index (χ0n) is 14.1. The first kappa shape index (κ1) is 18.7. The number of methoxy groups -OCH3 is 1. The molecule has 1 unspecified atom stereocenters. The lowest BCUT2D eigenvalue weighted by Crippen LogP contribution is -2.41. The summed E-state index contributed by atoms with van der Waals surface area (Å²) < 4.78 is 5.54. The minimum absolute atomic E-state index is 0.0820. The molecule has 122 valence electrons. The number of unbranched alkanes of at least 4 members (excludes halogenated alkanes) is 1. The minimum Gasteiger partial charge on any atom is -0.495 e. The molecule has 0 aliphatic rings. The number of aliphatic imine (C=N–C) groups is 1. The van der Waals surface area contributed by atoms with E-state index < -0.39 is 0 Å². The predicted molar refractivity (Wildman–Crippen MR) is 94.7 cm³/mol. The fraction of sp³-hybridized carbons (Fsp3) is 0.471. The first-order chi connectivity index (χ1) is 10.4. The topological polar surface area (TPSA) is 50.8 Å². The van der Waals surface area contributed by atoms with E-state index in [1.165, 1.54) is 0 Å². The molecule has 0 saturated heterocycles. The first-order valence-electron chi connectivity index (χ1n) is 7.47. The molecule has 0 aromatic heterocycles. The Bertz CT molecular complexity index is 553. The van der Waals surface area contributed by atoms with Crippen LogP contribution in [0.2, 0.25) is 5.02 Å². The number of nitrogens with two attached hydrogens (primary N) is 1. The molecular weight excluding hydrogens is 298 g/mol. The van der Waals surface area contributed by atoms with Gasteiger partial charge in [0.15, 0.2) is 0 Å². The SMILES string of the molecule is CCC/C=C(OC)/C(=N\c1cc(Cl)ccc1C)C(C)N(C)N. The van der Waals surface area contributed by atoms with Crippen molar-refractivity contribution in [3.8, 4) is 0 Å². The van der Waals surface area contributed by atoms with Crippen LogP contribution in [0.3, 0.4) is 0 Å². The van der Waals surface area contributed by atoms with E-state index in [1.807, 2.05) is 39.1 Å². The molecule has 0 heterocycles. The molecule has 1 atom stereocenters. The van der Waals surface area contributed by atoms with Gasteiger partial charge in [0.2, 0.25) is 0 Å². The Morgan fingerprint density at radius 2 is 2.18 bits per heavy atom. The van der Waals surface area contributed by atoms with E-state index in [-0.39, 0.29) is 6.04 Å². The largest absolute Gasteiger partial charge is 0.495 e. The highest BCUT2D eigenvalue weighted by Crippen LogP contribution is 2.25. The fourth-order valence-electron chi connectivity index (χ4n) is 1.95. The van der Waals surface area contributed by atoms with Crippen LogP contribution in [0.1, 0.15) is 32.3 Å². The maximum absolute atomic E-state index is 6.09. The number of halogens is 1. The van der Waals surface area contributed by atoms with Gasteiger partial charge >= 0.3 is 0 Å². The minimum atomic E-state index is -0.0820. The average Bonchev–Trinajstić information content (AvgIpc) is 2.49. The number of ether oxygens (including phenoxy) is 1. The van der Waals surface area contributed by atoms with E-state index in [0.29, 0.717) is 5.02 Å². The van der Waals surface area contributed by atoms with Crippen molar-refractivity contribution in [3.05, 3.63) is 40.6 Å². The zero-order chi connectivity index (χ0) is 16.7. The number of allylic oxidation sites excluding steroid dienone is 1. The molecule has 4 nitrogen and oxygen atoms in total. The van der Waals surface area contributed by atoms with Gasteiger partial charge in [-0.2, -0.15) is 0 Å². The Balaban J connectivity index is 3.36. The van der Waals surface area contributed by atoms with Crippen molar-refractivity contribution in [2.45, 2.75) is 39.7 Å². The van der Waals surface area contributed by atoms with E-state index in [4.69, 9.17) is 27.2 Å². The van der Waals surface area contributed by atoms with Crippen molar-refractivity contribution >= 4 is 23.0 Å². The van der Waals surface area contributed by atoms with Crippen LogP contribution < -0.4 is 5.84 Å². The smallest absolute Gasteiger partial charge is 0.138 e. The number of benzene rings is 1. The summed E-state index contributed by atoms with van der Waals surface area (Å²) in [5, 5.41) is 2.28. The normalized spacial score (nSPS) is 14.4. The fourth-order valence-corrected chi connectivity index (χ4v) is 2.11. The first-order valence-corrected chi connectivity index (χ1v) is 7.85. The van der Waals surface area contributed by atoms with E-state index in [9.17, 15) is 0 Å². The molecule has 0 radical (unpaired) electrons. The van der Waals surface area contributed by atoms with Gasteiger partial charge in [-0.25, -0.2) is 10.0 Å². The third-order valence-electron chi connectivity index (χ3n) is 3.51. The summed E-state index contributed by atoms with van der Waals surface area (Å²) in [5.74, 6) is 6.68. The third kappa shape index (κ3) is 5.13. The highest BCUT2D eigenvalue weighted by Gasteiger charge is 2.19. The molecule has 5 heteroatoms. The van der Waals surface area contributed by atoms with Crippen LogP contribution in [-0.2, 0) is 4.74 Å². The average molecular weight is 324 g/mol. The Kier molecular flexibility index (Phi) is 7.59. The summed E-state index contributed by atoms with van der Waals surface area (Å²) in [4.78, 5) is 4.78. The lowest BCUT2D eigenvalue weighted by atomic mass is 10.1. The van der Waals surface area contributed by atoms with Gasteiger partial charge in [-0.05, 0) is 44.0 Å². The highest BCUT2D eigenvalue weighted by molar-refractivity contribution is 6.30. The molecule has 0 spiro atoms. The summed E-state index contributed by atoms with van der Waals surface area (Å²) in [5.41, 5.74) is 2.68. The molecule has 2 N–H and O–H groups in total. The van der Waals surface area contributed by atoms with Crippen LogP contribution in [0.25, 0.3) is 0 Å². The van der Waals surface area contributed by atoms with Gasteiger partial charge in [0.1, 0.15) is 11.5 Å². The molecular formula is C17H26ClN3O. The molecule has 1 rings (SSSR count). The second kappa shape index (κ2) is 8.93. The molecule has 0 aliphatic carbocycles. The number of nitrogens with zero attached hydrogens (tertiary/aromatic N) is 2. The standard InChI is InChI=1S/C17H26ClN3O/c1-6-7-8-16(22-5)17(13(3)21(4)19)20-15-11-14(18)10-9-12(15)2/h8-11,13H,6-7,19H2,1-5H3/b16-8-,20-17-. The molecule has 0 fully saturated rings. The van der Waals surface area contributed by atoms with E-state index in [1.54, 1.807) is 12.1 Å². The lowest BCUT2D eigenvalue weighted by Gasteiger charge is -2.23. The summed E-state index contributed by atoms with van der Waals surface area (Å²) in [6, 6.07) is 5.59. The second-order valence-corrected chi connectivity index (χ2v) is 5.77. The number of rotatable bonds is 7. The molecule has 22 heavy (non-hydrogen) atoms. The Morgan fingerprint density at radius 3 is 2.73 bits per heavy atom. The van der Waals surface area contributed by atoms with Gasteiger partial charge in [-0.15, -0.1) is 0 Å². The maximum Gasteiger partial charge on any atom is 0.138 e. The van der Waals surface area contributed by atoms with Gasteiger partial charge in [-0.1, -0.05) is 31.0 Å². The zero-order valence-corrected chi connectivity index (χ0v) is 14.8. The molecule has 0 amide bonds. The monoisotopic (exact) mass is 323 g/mol. The van der Waals surface area contributed by atoms with Crippen LogP contribution in [0, 0.1) is 6.92 Å². The van der Waals surface area contributed by atoms with Crippen molar-refractivity contribution in [2.75, 3.05) is 14.2 Å². The molecule has 1 aromatic rings. The number of hydrazine groups is 1. The van der Waals surface area contributed by atoms with Crippen LogP contribution in [0.4, 0.5) is 5.69 Å². The van der Waals surface area contributed by atoms with E-state index in [0.717, 1.165) is 35.6 Å². The van der Waals surface area contributed by atoms with Gasteiger partial charge in [0.25, 0.3) is 0 Å². The van der Waals surface area contributed by atoms with Crippen LogP contribution in [-0.4, -0.2) is 30.9 Å². The highest BCUT2D eigenvalue weighted by atomic mass is 35.5. The van der Waals surface area contributed by atoms with Crippen molar-refractivity contribution in [1.29, 1.82) is 0 Å². The summed E-state index contributed by atoms with van der Waals surface area (Å²) >= 11 is 6.09. The molecule has 0 saturated carbocycles. The van der Waals surface area contributed by atoms with E-state index in [2.05, 4.69) is 13.0 Å². The van der Waals surface area contributed by atoms with Crippen molar-refractivity contribution in [3.63, 3.8) is 0 Å². The molecule has 0 bridgehead atoms. The predicted octanol–water partition coefficient (Wildman–Crippen LogP) is 4.25. The Morgan fingerprint density at radius 1 is 1.50 bits per heavy atom. The molecule has 0 aliphatic heterocycles. The number of hydrogen-bond donors (Lipinski definition) is 1. The summed E-state index contributed by atoms with van der Waals surface area (Å²) in [6.07, 6.45) is 4.03. The number of hydrogen-bond acceptors (Lipinski definition) is 4. The lowest BCUT2D eigenvalue weighted by molar-refractivity contribution is 0.289. The Hall–Kier alpha value is -1.36. The maximum atomic E-state index is 6.09. The van der Waals surface area contributed by atoms with Gasteiger partial charge in [-0.3, -0.25) is 5.84 Å². The van der Waals surface area contributed by atoms with Crippen LogP contribution >= 0.6 is 11.6 Å². The van der Waals surface area contributed by atoms with Crippen molar-refractivity contribution < 1.29 is 4.74 Å². The Labute approximate surface area is 138 Å². The summed E-state index contributed by atoms with van der Waals surface area (Å²) in [6.45, 7) is 6.13. The van der Waals surface area contributed by atoms with Gasteiger partial charge in [0.05, 0.1) is 18.8 Å². The van der Waals surface area contributed by atoms with Crippen LogP contribution in [0.15, 0.2) is 35.0 Å². The third-order valence-corrected chi connectivity index (χ3v) is 3.74. The second-order valence-electron chi connectivity index (χ2n) is 5.33. The quantitative estimate of drug-likeness (QED) is 0.353. The van der Waals surface area contributed by atoms with Gasteiger partial charge in [0, 0.05) is 12.1 Å². The van der Waals surface area contributed by atoms with Crippen molar-refractivity contribution in [2.24, 2.45) is 10.8 Å². The molecule has 1 aromatic carbocycles. The summed E-state index contributed by atoms with van der Waals surface area (Å²) in [7, 11) is 3.48. The van der Waals surface area contributed by atoms with Crippen LogP contribution in [0.5, 0.6) is 0 Å². The number of aryl methyl sites for hydroxylation is 1.